The monoisotopic (exact) mass is 563 g/mol. The molecule has 0 saturated carbocycles. The third-order valence-corrected chi connectivity index (χ3v) is 8.42. The molecule has 5 nitrogen and oxygen atoms in total. The van der Waals surface area contributed by atoms with Crippen molar-refractivity contribution in [2.75, 3.05) is 19.6 Å². The molecule has 2 heterocycles. The van der Waals surface area contributed by atoms with Gasteiger partial charge in [0.2, 0.25) is 11.8 Å². The van der Waals surface area contributed by atoms with Crippen molar-refractivity contribution in [1.82, 2.24) is 14.8 Å². The molecule has 0 bridgehead atoms. The summed E-state index contributed by atoms with van der Waals surface area (Å²) < 4.78 is 0. The maximum atomic E-state index is 14.0. The third kappa shape index (κ3) is 7.13. The first-order valence-electron chi connectivity index (χ1n) is 15.5. The first-order chi connectivity index (χ1) is 20.2. The van der Waals surface area contributed by atoms with Crippen LogP contribution in [0.25, 0.3) is 10.9 Å². The summed E-state index contributed by atoms with van der Waals surface area (Å²) in [5, 5.41) is 1.24. The van der Waals surface area contributed by atoms with E-state index in [0.717, 1.165) is 36.0 Å². The van der Waals surface area contributed by atoms with Gasteiger partial charge in [0.05, 0.1) is 6.04 Å². The number of benzene rings is 3. The number of aromatic nitrogens is 1. The Morgan fingerprint density at radius 1 is 0.929 bits per heavy atom. The van der Waals surface area contributed by atoms with E-state index in [0.29, 0.717) is 32.5 Å². The molecule has 5 rings (SSSR count). The zero-order valence-electron chi connectivity index (χ0n) is 25.6. The van der Waals surface area contributed by atoms with E-state index in [2.05, 4.69) is 75.1 Å². The molecule has 2 amide bonds. The summed E-state index contributed by atoms with van der Waals surface area (Å²) in [6, 6.07) is 28.8. The standard InChI is InChI=1S/C37H45N3O2/c1-27(26-37(2,3)4)25-34(42)39(22-19-28-13-7-5-8-14-28)23-21-33(41)40-24-20-31-30-17-11-12-18-32(30)38-35(31)36(40)29-15-9-6-10-16-29/h5-18,27,36,38H,19-26H2,1-4H3. The highest BCUT2D eigenvalue weighted by Crippen LogP contribution is 2.38. The Morgan fingerprint density at radius 2 is 1.60 bits per heavy atom. The van der Waals surface area contributed by atoms with Gasteiger partial charge in [-0.25, -0.2) is 0 Å². The van der Waals surface area contributed by atoms with Gasteiger partial charge >= 0.3 is 0 Å². The lowest BCUT2D eigenvalue weighted by atomic mass is 9.84. The van der Waals surface area contributed by atoms with Crippen LogP contribution in [0.3, 0.4) is 0 Å². The molecule has 1 N–H and O–H groups in total. The van der Waals surface area contributed by atoms with Crippen LogP contribution in [-0.4, -0.2) is 46.2 Å². The summed E-state index contributed by atoms with van der Waals surface area (Å²) in [6.45, 7) is 10.5. The van der Waals surface area contributed by atoms with Gasteiger partial charge in [-0.2, -0.15) is 0 Å². The first-order valence-corrected chi connectivity index (χ1v) is 15.5. The molecule has 1 aromatic heterocycles. The summed E-state index contributed by atoms with van der Waals surface area (Å²) in [7, 11) is 0. The minimum Gasteiger partial charge on any atom is -0.356 e. The minimum atomic E-state index is -0.171. The second-order valence-corrected chi connectivity index (χ2v) is 13.2. The van der Waals surface area contributed by atoms with E-state index < -0.39 is 0 Å². The van der Waals surface area contributed by atoms with E-state index in [1.165, 1.54) is 16.5 Å². The molecule has 4 aromatic rings. The number of rotatable bonds is 10. The Kier molecular flexibility index (Phi) is 9.15. The smallest absolute Gasteiger partial charge is 0.225 e. The molecule has 0 radical (unpaired) electrons. The average Bonchev–Trinajstić information content (AvgIpc) is 3.35. The molecule has 0 fully saturated rings. The molecule has 42 heavy (non-hydrogen) atoms. The molecular weight excluding hydrogens is 518 g/mol. The van der Waals surface area contributed by atoms with Crippen LogP contribution in [0.15, 0.2) is 84.9 Å². The highest BCUT2D eigenvalue weighted by atomic mass is 16.2. The second kappa shape index (κ2) is 13.0. The molecule has 3 aromatic carbocycles. The lowest BCUT2D eigenvalue weighted by Gasteiger charge is -2.37. The predicted octanol–water partition coefficient (Wildman–Crippen LogP) is 7.57. The fourth-order valence-corrected chi connectivity index (χ4v) is 6.68. The minimum absolute atomic E-state index is 0.0911. The molecule has 2 unspecified atom stereocenters. The fraction of sp³-hybridized carbons (Fsp3) is 0.405. The van der Waals surface area contributed by atoms with Crippen molar-refractivity contribution in [3.05, 3.63) is 107 Å². The predicted molar refractivity (Wildman–Crippen MR) is 171 cm³/mol. The van der Waals surface area contributed by atoms with E-state index >= 15 is 0 Å². The number of carbonyl (C=O) groups is 2. The zero-order valence-corrected chi connectivity index (χ0v) is 25.6. The van der Waals surface area contributed by atoms with Crippen molar-refractivity contribution >= 4 is 22.7 Å². The molecule has 0 spiro atoms. The van der Waals surface area contributed by atoms with Crippen LogP contribution in [0, 0.1) is 11.3 Å². The second-order valence-electron chi connectivity index (χ2n) is 13.2. The molecule has 1 aliphatic rings. The molecular formula is C37H45N3O2. The van der Waals surface area contributed by atoms with Crippen molar-refractivity contribution in [1.29, 1.82) is 0 Å². The number of aromatic amines is 1. The number of fused-ring (bicyclic) bond motifs is 3. The topological polar surface area (TPSA) is 56.4 Å². The van der Waals surface area contributed by atoms with Gasteiger partial charge in [0.25, 0.3) is 0 Å². The van der Waals surface area contributed by atoms with Crippen LogP contribution in [0.5, 0.6) is 0 Å². The summed E-state index contributed by atoms with van der Waals surface area (Å²) in [5.74, 6) is 0.525. The molecule has 5 heteroatoms. The van der Waals surface area contributed by atoms with Gasteiger partial charge in [-0.3, -0.25) is 9.59 Å². The SMILES string of the molecule is CC(CC(=O)N(CCC(=O)N1CCc2c([nH]c3ccccc23)C1c1ccccc1)CCc1ccccc1)CC(C)(C)C. The maximum absolute atomic E-state index is 14.0. The highest BCUT2D eigenvalue weighted by molar-refractivity contribution is 5.87. The van der Waals surface area contributed by atoms with E-state index in [1.807, 2.05) is 52.3 Å². The summed E-state index contributed by atoms with van der Waals surface area (Å²) >= 11 is 0. The number of nitrogens with one attached hydrogen (secondary N) is 1. The number of amides is 2. The summed E-state index contributed by atoms with van der Waals surface area (Å²) in [6.07, 6.45) is 3.41. The van der Waals surface area contributed by atoms with Gasteiger partial charge in [0.15, 0.2) is 0 Å². The van der Waals surface area contributed by atoms with E-state index in [-0.39, 0.29) is 29.2 Å². The van der Waals surface area contributed by atoms with E-state index in [4.69, 9.17) is 0 Å². The lowest BCUT2D eigenvalue weighted by molar-refractivity contribution is -0.136. The zero-order chi connectivity index (χ0) is 29.7. The number of nitrogens with zero attached hydrogens (tertiary/aromatic N) is 2. The van der Waals surface area contributed by atoms with E-state index in [1.54, 1.807) is 0 Å². The van der Waals surface area contributed by atoms with Crippen molar-refractivity contribution < 1.29 is 9.59 Å². The van der Waals surface area contributed by atoms with Gasteiger partial charge in [-0.15, -0.1) is 0 Å². The molecule has 0 aliphatic carbocycles. The molecule has 2 atom stereocenters. The average molecular weight is 564 g/mol. The lowest BCUT2D eigenvalue weighted by Crippen LogP contribution is -2.43. The van der Waals surface area contributed by atoms with Crippen LogP contribution < -0.4 is 0 Å². The van der Waals surface area contributed by atoms with Gasteiger partial charge in [0, 0.05) is 49.1 Å². The van der Waals surface area contributed by atoms with E-state index in [9.17, 15) is 9.59 Å². The Morgan fingerprint density at radius 3 is 2.31 bits per heavy atom. The van der Waals surface area contributed by atoms with Gasteiger partial charge in [-0.05, 0) is 53.4 Å². The summed E-state index contributed by atoms with van der Waals surface area (Å²) in [5.41, 5.74) is 6.00. The van der Waals surface area contributed by atoms with Crippen LogP contribution in [-0.2, 0) is 22.4 Å². The highest BCUT2D eigenvalue weighted by Gasteiger charge is 2.34. The van der Waals surface area contributed by atoms with Gasteiger partial charge < -0.3 is 14.8 Å². The number of para-hydroxylation sites is 1. The van der Waals surface area contributed by atoms with Gasteiger partial charge in [0.1, 0.15) is 0 Å². The molecule has 0 saturated heterocycles. The van der Waals surface area contributed by atoms with Crippen molar-refractivity contribution in [2.24, 2.45) is 11.3 Å². The Hall–Kier alpha value is -3.86. The normalized spacial score (nSPS) is 15.8. The fourth-order valence-electron chi connectivity index (χ4n) is 6.68. The Labute approximate surface area is 250 Å². The largest absolute Gasteiger partial charge is 0.356 e. The molecule has 1 aliphatic heterocycles. The quantitative estimate of drug-likeness (QED) is 0.216. The Balaban J connectivity index is 1.34. The number of H-pyrrole nitrogens is 1. The van der Waals surface area contributed by atoms with Crippen molar-refractivity contribution in [2.45, 2.75) is 65.8 Å². The van der Waals surface area contributed by atoms with Crippen LogP contribution in [0.4, 0.5) is 0 Å². The summed E-state index contributed by atoms with van der Waals surface area (Å²) in [4.78, 5) is 35.2. The first kappa shape index (κ1) is 29.6. The number of carbonyl (C=O) groups excluding carboxylic acids is 2. The Bertz CT molecular complexity index is 1490. The van der Waals surface area contributed by atoms with Crippen LogP contribution in [0.1, 0.15) is 75.4 Å². The molecule has 220 valence electrons. The van der Waals surface area contributed by atoms with Crippen molar-refractivity contribution in [3.63, 3.8) is 0 Å². The number of hydrogen-bond donors (Lipinski definition) is 1. The number of hydrogen-bond acceptors (Lipinski definition) is 2. The van der Waals surface area contributed by atoms with Gasteiger partial charge in [-0.1, -0.05) is 107 Å². The third-order valence-electron chi connectivity index (χ3n) is 8.42. The van der Waals surface area contributed by atoms with Crippen LogP contribution in [0.2, 0.25) is 0 Å². The van der Waals surface area contributed by atoms with Crippen LogP contribution >= 0.6 is 0 Å². The van der Waals surface area contributed by atoms with Crippen molar-refractivity contribution in [3.8, 4) is 0 Å². The maximum Gasteiger partial charge on any atom is 0.225 e.